The first kappa shape index (κ1) is 19.8. The molecule has 3 heterocycles. The maximum absolute atomic E-state index is 12.5. The quantitative estimate of drug-likeness (QED) is 0.415. The van der Waals surface area contributed by atoms with Gasteiger partial charge in [0.2, 0.25) is 0 Å². The van der Waals surface area contributed by atoms with Crippen molar-refractivity contribution >= 4 is 45.7 Å². The summed E-state index contributed by atoms with van der Waals surface area (Å²) in [5.41, 5.74) is 6.33. The predicted octanol–water partition coefficient (Wildman–Crippen LogP) is 4.24. The molecular formula is C20H22ClN5O2S. The van der Waals surface area contributed by atoms with Crippen LogP contribution in [0.3, 0.4) is 0 Å². The predicted molar refractivity (Wildman–Crippen MR) is 116 cm³/mol. The molecule has 1 fully saturated rings. The van der Waals surface area contributed by atoms with Crippen molar-refractivity contribution in [3.05, 3.63) is 45.9 Å². The third-order valence-electron chi connectivity index (χ3n) is 5.02. The fourth-order valence-electron chi connectivity index (χ4n) is 3.42. The van der Waals surface area contributed by atoms with Crippen LogP contribution in [0.2, 0.25) is 5.02 Å². The van der Waals surface area contributed by atoms with Crippen LogP contribution in [0.5, 0.6) is 10.8 Å². The summed E-state index contributed by atoms with van der Waals surface area (Å²) in [5, 5.41) is 9.42. The van der Waals surface area contributed by atoms with Gasteiger partial charge in [-0.1, -0.05) is 11.6 Å². The fourth-order valence-corrected chi connectivity index (χ4v) is 4.54. The minimum atomic E-state index is -0.417. The second kappa shape index (κ2) is 8.06. The Bertz CT molecular complexity index is 1070. The van der Waals surface area contributed by atoms with Crippen molar-refractivity contribution in [1.82, 2.24) is 14.8 Å². The van der Waals surface area contributed by atoms with Crippen LogP contribution < -0.4 is 10.5 Å². The summed E-state index contributed by atoms with van der Waals surface area (Å²) >= 11 is 7.94. The number of nitrogens with one attached hydrogen (secondary N) is 2. The van der Waals surface area contributed by atoms with E-state index in [0.29, 0.717) is 21.7 Å². The fraction of sp³-hybridized carbons (Fsp3) is 0.300. The Balaban J connectivity index is 1.59. The number of nitrogens with two attached hydrogens (primary N) is 1. The van der Waals surface area contributed by atoms with E-state index in [0.717, 1.165) is 29.6 Å². The number of amides is 1. The lowest BCUT2D eigenvalue weighted by Crippen LogP contribution is -2.38. The molecule has 1 aliphatic heterocycles. The van der Waals surface area contributed by atoms with Gasteiger partial charge < -0.3 is 15.5 Å². The molecule has 0 radical (unpaired) electrons. The number of aromatic nitrogens is 1. The Hall–Kier alpha value is -2.55. The maximum Gasteiger partial charge on any atom is 0.276 e. The molecule has 7 nitrogen and oxygen atoms in total. The van der Waals surface area contributed by atoms with E-state index in [2.05, 4.69) is 16.0 Å². The summed E-state index contributed by atoms with van der Waals surface area (Å²) in [6, 6.07) is 9.24. The Kier molecular flexibility index (Phi) is 5.49. The highest BCUT2D eigenvalue weighted by molar-refractivity contribution is 7.13. The zero-order valence-corrected chi connectivity index (χ0v) is 17.6. The minimum absolute atomic E-state index is 0.288. The molecule has 1 aromatic carbocycles. The van der Waals surface area contributed by atoms with Crippen molar-refractivity contribution in [2.75, 3.05) is 20.1 Å². The number of carbonyl (C=O) groups excluding carboxylic acids is 1. The molecule has 152 valence electrons. The van der Waals surface area contributed by atoms with Gasteiger partial charge in [0.15, 0.2) is 16.8 Å². The number of halogens is 1. The second-order valence-electron chi connectivity index (χ2n) is 7.07. The van der Waals surface area contributed by atoms with Crippen molar-refractivity contribution in [3.8, 4) is 10.8 Å². The molecule has 1 aliphatic rings. The highest BCUT2D eigenvalue weighted by Gasteiger charge is 2.20. The number of hydrogen-bond acceptors (Lipinski definition) is 5. The minimum Gasteiger partial charge on any atom is -0.444 e. The summed E-state index contributed by atoms with van der Waals surface area (Å²) in [5.74, 6) is -0.163. The number of nitrogens with zero attached hydrogens (tertiary/aromatic N) is 2. The molecule has 1 amide bonds. The number of likely N-dealkylation sites (tertiary alicyclic amines) is 1. The van der Waals surface area contributed by atoms with E-state index in [-0.39, 0.29) is 11.7 Å². The number of rotatable bonds is 5. The van der Waals surface area contributed by atoms with Crippen molar-refractivity contribution in [3.63, 3.8) is 0 Å². The van der Waals surface area contributed by atoms with Gasteiger partial charge in [0.05, 0.1) is 10.5 Å². The van der Waals surface area contributed by atoms with Crippen LogP contribution in [-0.4, -0.2) is 46.8 Å². The van der Waals surface area contributed by atoms with Gasteiger partial charge in [0, 0.05) is 23.9 Å². The van der Waals surface area contributed by atoms with Crippen LogP contribution in [0.4, 0.5) is 0 Å². The highest BCUT2D eigenvalue weighted by atomic mass is 35.5. The van der Waals surface area contributed by atoms with Gasteiger partial charge >= 0.3 is 0 Å². The summed E-state index contributed by atoms with van der Waals surface area (Å²) < 4.78 is 6.11. The number of fused-ring (bicyclic) bond motifs is 1. The third kappa shape index (κ3) is 4.10. The number of carbonyl (C=O) groups is 1. The Morgan fingerprint density at radius 1 is 1.34 bits per heavy atom. The summed E-state index contributed by atoms with van der Waals surface area (Å²) in [4.78, 5) is 20.3. The molecule has 1 saturated heterocycles. The molecule has 3 aromatic rings. The molecule has 0 bridgehead atoms. The first-order chi connectivity index (χ1) is 13.9. The Labute approximate surface area is 177 Å². The Morgan fingerprint density at radius 2 is 2.10 bits per heavy atom. The number of guanidine groups is 1. The number of aromatic amines is 1. The van der Waals surface area contributed by atoms with Gasteiger partial charge in [0.25, 0.3) is 5.91 Å². The molecule has 2 aromatic heterocycles. The van der Waals surface area contributed by atoms with Crippen LogP contribution in [-0.2, 0) is 6.54 Å². The molecule has 29 heavy (non-hydrogen) atoms. The standard InChI is InChI=1S/C20H22ClN5O2S/c1-25(20(22)23)19(27)15-10-13-14(21)5-6-16(18(13)24-15)28-17-7-4-12(29-17)11-26-8-2-3-9-26/h4-7,10,24H,2-3,8-9,11H2,1H3,(H3,22,23). The molecule has 0 atom stereocenters. The van der Waals surface area contributed by atoms with Crippen molar-refractivity contribution in [1.29, 1.82) is 5.41 Å². The first-order valence-corrected chi connectivity index (χ1v) is 10.5. The average molecular weight is 432 g/mol. The summed E-state index contributed by atoms with van der Waals surface area (Å²) in [7, 11) is 1.45. The third-order valence-corrected chi connectivity index (χ3v) is 6.30. The molecule has 0 spiro atoms. The highest BCUT2D eigenvalue weighted by Crippen LogP contribution is 2.37. The van der Waals surface area contributed by atoms with Crippen molar-refractivity contribution in [2.24, 2.45) is 5.73 Å². The van der Waals surface area contributed by atoms with E-state index in [4.69, 9.17) is 27.5 Å². The summed E-state index contributed by atoms with van der Waals surface area (Å²) in [6.45, 7) is 3.25. The summed E-state index contributed by atoms with van der Waals surface area (Å²) in [6.07, 6.45) is 2.54. The van der Waals surface area contributed by atoms with Gasteiger partial charge in [-0.3, -0.25) is 20.0 Å². The van der Waals surface area contributed by atoms with Crippen LogP contribution in [0.1, 0.15) is 28.2 Å². The van der Waals surface area contributed by atoms with Gasteiger partial charge in [-0.15, -0.1) is 11.3 Å². The lowest BCUT2D eigenvalue weighted by atomic mass is 10.2. The van der Waals surface area contributed by atoms with Crippen LogP contribution in [0.15, 0.2) is 30.3 Å². The van der Waals surface area contributed by atoms with E-state index < -0.39 is 5.91 Å². The number of thiophene rings is 1. The van der Waals surface area contributed by atoms with Crippen molar-refractivity contribution < 1.29 is 9.53 Å². The SMILES string of the molecule is CN(C(=N)N)C(=O)c1cc2c(Cl)ccc(Oc3ccc(CN4CCCC4)s3)c2[nH]1. The lowest BCUT2D eigenvalue weighted by Gasteiger charge is -2.12. The van der Waals surface area contributed by atoms with E-state index >= 15 is 0 Å². The number of H-pyrrole nitrogens is 1. The smallest absolute Gasteiger partial charge is 0.276 e. The largest absolute Gasteiger partial charge is 0.444 e. The topological polar surface area (TPSA) is 98.4 Å². The van der Waals surface area contributed by atoms with E-state index in [1.165, 1.54) is 24.8 Å². The van der Waals surface area contributed by atoms with E-state index in [9.17, 15) is 4.79 Å². The van der Waals surface area contributed by atoms with E-state index in [1.807, 2.05) is 6.07 Å². The molecule has 0 unspecified atom stereocenters. The molecule has 4 N–H and O–H groups in total. The van der Waals surface area contributed by atoms with Gasteiger partial charge in [0.1, 0.15) is 5.69 Å². The lowest BCUT2D eigenvalue weighted by molar-refractivity contribution is 0.0864. The van der Waals surface area contributed by atoms with Crippen LogP contribution in [0.25, 0.3) is 10.9 Å². The maximum atomic E-state index is 12.5. The molecule has 0 saturated carbocycles. The second-order valence-corrected chi connectivity index (χ2v) is 8.61. The molecule has 9 heteroatoms. The zero-order chi connectivity index (χ0) is 20.5. The van der Waals surface area contributed by atoms with E-state index in [1.54, 1.807) is 29.5 Å². The van der Waals surface area contributed by atoms with Gasteiger partial charge in [-0.2, -0.15) is 0 Å². The molecule has 0 aliphatic carbocycles. The molecule has 4 rings (SSSR count). The number of ether oxygens (including phenoxy) is 1. The normalized spacial score (nSPS) is 14.4. The Morgan fingerprint density at radius 3 is 2.83 bits per heavy atom. The molecular weight excluding hydrogens is 410 g/mol. The van der Waals surface area contributed by atoms with Gasteiger partial charge in [-0.05, 0) is 56.3 Å². The van der Waals surface area contributed by atoms with Crippen LogP contribution >= 0.6 is 22.9 Å². The average Bonchev–Trinajstić information content (AvgIpc) is 3.44. The number of benzene rings is 1. The van der Waals surface area contributed by atoms with Crippen molar-refractivity contribution in [2.45, 2.75) is 19.4 Å². The zero-order valence-electron chi connectivity index (χ0n) is 16.0. The van der Waals surface area contributed by atoms with Crippen LogP contribution in [0, 0.1) is 5.41 Å². The number of hydrogen-bond donors (Lipinski definition) is 3. The first-order valence-electron chi connectivity index (χ1n) is 9.34. The van der Waals surface area contributed by atoms with Gasteiger partial charge in [-0.25, -0.2) is 0 Å². The monoisotopic (exact) mass is 431 g/mol.